The zero-order valence-electron chi connectivity index (χ0n) is 18.0. The van der Waals surface area contributed by atoms with Crippen LogP contribution < -0.4 is 19.3 Å². The number of halogens is 4. The molecule has 2 fully saturated rings. The summed E-state index contributed by atoms with van der Waals surface area (Å²) in [4.78, 5) is 16.1. The Bertz CT molecular complexity index is 1240. The van der Waals surface area contributed by atoms with Crippen molar-refractivity contribution in [3.63, 3.8) is 0 Å². The van der Waals surface area contributed by atoms with Crippen molar-refractivity contribution >= 4 is 29.9 Å². The van der Waals surface area contributed by atoms with Crippen LogP contribution in [0.4, 0.5) is 28.9 Å². The molecule has 2 aromatic carbocycles. The van der Waals surface area contributed by atoms with Crippen molar-refractivity contribution in [2.75, 3.05) is 23.0 Å². The summed E-state index contributed by atoms with van der Waals surface area (Å²) in [7, 11) is 0. The largest absolute Gasteiger partial charge is 0.486 e. The molecule has 12 heteroatoms. The topological polar surface area (TPSA) is 86.0 Å². The second-order valence-corrected chi connectivity index (χ2v) is 9.06. The number of nitriles is 1. The van der Waals surface area contributed by atoms with Crippen molar-refractivity contribution in [3.8, 4) is 17.6 Å². The van der Waals surface area contributed by atoms with Crippen LogP contribution in [-0.2, 0) is 11.0 Å². The first-order valence-corrected chi connectivity index (χ1v) is 11.3. The highest BCUT2D eigenvalue weighted by atomic mass is 32.1. The highest BCUT2D eigenvalue weighted by Crippen LogP contribution is 2.52. The number of aliphatic hydroxyl groups excluding tert-OH is 1. The van der Waals surface area contributed by atoms with E-state index in [1.807, 2.05) is 0 Å². The van der Waals surface area contributed by atoms with Crippen molar-refractivity contribution in [3.05, 3.63) is 47.3 Å². The van der Waals surface area contributed by atoms with Crippen molar-refractivity contribution in [1.29, 1.82) is 5.26 Å². The molecule has 2 aromatic rings. The third kappa shape index (κ3) is 3.56. The minimum Gasteiger partial charge on any atom is -0.486 e. The number of amides is 1. The number of benzene rings is 2. The molecule has 184 valence electrons. The number of nitrogens with zero attached hydrogens (tertiary/aromatic N) is 3. The van der Waals surface area contributed by atoms with E-state index in [1.165, 1.54) is 6.07 Å². The summed E-state index contributed by atoms with van der Waals surface area (Å²) in [5.41, 5.74) is -4.54. The number of anilines is 2. The monoisotopic (exact) mass is 509 g/mol. The lowest BCUT2D eigenvalue weighted by Crippen LogP contribution is -2.55. The third-order valence-corrected chi connectivity index (χ3v) is 7.08. The van der Waals surface area contributed by atoms with Gasteiger partial charge in [0.15, 0.2) is 23.1 Å². The first-order valence-electron chi connectivity index (χ1n) is 10.8. The van der Waals surface area contributed by atoms with E-state index in [9.17, 15) is 27.5 Å². The van der Waals surface area contributed by atoms with Crippen LogP contribution in [0.15, 0.2) is 30.3 Å². The van der Waals surface area contributed by atoms with Crippen LogP contribution in [0.3, 0.4) is 0 Å². The van der Waals surface area contributed by atoms with E-state index in [1.54, 1.807) is 23.1 Å². The van der Waals surface area contributed by atoms with Gasteiger partial charge in [-0.3, -0.25) is 9.69 Å². The Hall–Kier alpha value is -3.17. The summed E-state index contributed by atoms with van der Waals surface area (Å²) in [6.45, 7) is -0.112. The average Bonchev–Trinajstić information content (AvgIpc) is 3.04. The minimum atomic E-state index is -4.92. The third-order valence-electron chi connectivity index (χ3n) is 6.62. The van der Waals surface area contributed by atoms with Crippen molar-refractivity contribution < 1.29 is 36.9 Å². The van der Waals surface area contributed by atoms with E-state index in [0.717, 1.165) is 4.90 Å². The lowest BCUT2D eigenvalue weighted by molar-refractivity contribution is -0.137. The van der Waals surface area contributed by atoms with Gasteiger partial charge in [-0.1, -0.05) is 0 Å². The maximum Gasteiger partial charge on any atom is 0.417 e. The predicted octanol–water partition coefficient (Wildman–Crippen LogP) is 3.84. The quantitative estimate of drug-likeness (QED) is 0.483. The summed E-state index contributed by atoms with van der Waals surface area (Å²) in [6, 6.07) is 7.22. The number of ether oxygens (including phenoxy) is 2. The molecule has 1 unspecified atom stereocenters. The Morgan fingerprint density at radius 2 is 1.97 bits per heavy atom. The molecule has 1 aliphatic carbocycles. The number of rotatable bonds is 3. The Labute approximate surface area is 202 Å². The number of fused-ring (bicyclic) bond motifs is 1. The average molecular weight is 509 g/mol. The number of hydrogen-bond acceptors (Lipinski definition) is 7. The fourth-order valence-electron chi connectivity index (χ4n) is 4.77. The van der Waals surface area contributed by atoms with Gasteiger partial charge in [0.2, 0.25) is 0 Å². The molecule has 5 rings (SSSR count). The van der Waals surface area contributed by atoms with Crippen molar-refractivity contribution in [2.24, 2.45) is 0 Å². The first-order chi connectivity index (χ1) is 16.6. The molecule has 3 aliphatic rings. The normalized spacial score (nSPS) is 22.8. The molecule has 35 heavy (non-hydrogen) atoms. The van der Waals surface area contributed by atoms with E-state index in [4.69, 9.17) is 14.7 Å². The standard InChI is InChI=1S/C23H19F4N3O4S/c24-16-6-12(9-28)15(23(25,26)27)8-17(16)29-20(32)22(4-1-5-22)30(21(29)35)13-2-3-18-19(7-13)33-11-14(10-31)34-18/h2-3,6-8,14,21,31,35H,1,4-5,10-11H2/t14-,21?/m1/s1. The fraction of sp³-hybridized carbons (Fsp3) is 0.391. The Balaban J connectivity index is 1.58. The molecule has 1 spiro atoms. The van der Waals surface area contributed by atoms with E-state index < -0.39 is 51.9 Å². The highest BCUT2D eigenvalue weighted by molar-refractivity contribution is 7.81. The molecule has 0 bridgehead atoms. The van der Waals surface area contributed by atoms with Crippen LogP contribution in [0.25, 0.3) is 0 Å². The number of alkyl halides is 3. The summed E-state index contributed by atoms with van der Waals surface area (Å²) in [5, 5.41) is 18.4. The first kappa shape index (κ1) is 23.6. The molecule has 7 nitrogen and oxygen atoms in total. The van der Waals surface area contributed by atoms with Crippen LogP contribution in [0, 0.1) is 17.1 Å². The van der Waals surface area contributed by atoms with Crippen molar-refractivity contribution in [1.82, 2.24) is 0 Å². The van der Waals surface area contributed by atoms with Gasteiger partial charge in [0.05, 0.1) is 29.5 Å². The molecule has 1 N–H and O–H groups in total. The molecule has 2 heterocycles. The van der Waals surface area contributed by atoms with Gasteiger partial charge in [-0.2, -0.15) is 18.4 Å². The number of thiol groups is 1. The lowest BCUT2D eigenvalue weighted by atomic mass is 9.75. The number of hydrogen-bond donors (Lipinski definition) is 2. The number of aliphatic hydroxyl groups is 1. The molecule has 1 saturated heterocycles. The van der Waals surface area contributed by atoms with Crippen LogP contribution in [0.5, 0.6) is 11.5 Å². The Morgan fingerprint density at radius 1 is 1.23 bits per heavy atom. The molecule has 2 atom stereocenters. The second kappa shape index (κ2) is 8.20. The molecule has 0 radical (unpaired) electrons. The van der Waals surface area contributed by atoms with Gasteiger partial charge in [0.1, 0.15) is 18.0 Å². The van der Waals surface area contributed by atoms with E-state index >= 15 is 0 Å². The molecule has 1 amide bonds. The van der Waals surface area contributed by atoms with Gasteiger partial charge < -0.3 is 19.5 Å². The number of carbonyl (C=O) groups is 1. The summed E-state index contributed by atoms with van der Waals surface area (Å²) in [5.74, 6) is -0.934. The van der Waals surface area contributed by atoms with Gasteiger partial charge in [-0.15, -0.1) is 12.6 Å². The molecule has 2 aliphatic heterocycles. The van der Waals surface area contributed by atoms with Crippen LogP contribution in [0.2, 0.25) is 0 Å². The van der Waals surface area contributed by atoms with Gasteiger partial charge in [-0.25, -0.2) is 4.39 Å². The lowest BCUT2D eigenvalue weighted by Gasteiger charge is -2.44. The van der Waals surface area contributed by atoms with Gasteiger partial charge in [0.25, 0.3) is 5.91 Å². The zero-order chi connectivity index (χ0) is 25.1. The van der Waals surface area contributed by atoms with Crippen LogP contribution in [0.1, 0.15) is 30.4 Å². The maximum atomic E-state index is 15.0. The van der Waals surface area contributed by atoms with E-state index in [-0.39, 0.29) is 13.2 Å². The minimum absolute atomic E-state index is 0.115. The number of carbonyl (C=O) groups excluding carboxylic acids is 1. The smallest absolute Gasteiger partial charge is 0.417 e. The zero-order valence-corrected chi connectivity index (χ0v) is 18.9. The Morgan fingerprint density at radius 3 is 2.57 bits per heavy atom. The van der Waals surface area contributed by atoms with E-state index in [2.05, 4.69) is 12.6 Å². The second-order valence-electron chi connectivity index (χ2n) is 8.60. The molecule has 0 aromatic heterocycles. The van der Waals surface area contributed by atoms with Gasteiger partial charge in [0, 0.05) is 11.8 Å². The predicted molar refractivity (Wildman–Crippen MR) is 119 cm³/mol. The highest BCUT2D eigenvalue weighted by Gasteiger charge is 2.60. The summed E-state index contributed by atoms with van der Waals surface area (Å²) >= 11 is 4.54. The molecular formula is C23H19F4N3O4S. The molecular weight excluding hydrogens is 490 g/mol. The summed E-state index contributed by atoms with van der Waals surface area (Å²) in [6.07, 6.45) is -3.92. The van der Waals surface area contributed by atoms with Gasteiger partial charge in [-0.05, 0) is 43.5 Å². The summed E-state index contributed by atoms with van der Waals surface area (Å²) < 4.78 is 67.0. The van der Waals surface area contributed by atoms with Crippen LogP contribution >= 0.6 is 12.6 Å². The maximum absolute atomic E-state index is 15.0. The fourth-order valence-corrected chi connectivity index (χ4v) is 5.35. The van der Waals surface area contributed by atoms with E-state index in [0.29, 0.717) is 48.6 Å². The van der Waals surface area contributed by atoms with Crippen LogP contribution in [-0.4, -0.2) is 41.4 Å². The Kier molecular flexibility index (Phi) is 5.52. The van der Waals surface area contributed by atoms with Gasteiger partial charge >= 0.3 is 6.18 Å². The molecule has 1 saturated carbocycles. The van der Waals surface area contributed by atoms with Crippen molar-refractivity contribution in [2.45, 2.75) is 42.6 Å². The SMILES string of the molecule is N#Cc1cc(F)c(N2C(=O)C3(CCC3)N(c3ccc4c(c3)OC[C@@H](CO)O4)C2S)cc1C(F)(F)F.